The molecule has 0 bridgehead atoms. The average Bonchev–Trinajstić information content (AvgIpc) is 2.83. The molecule has 0 saturated heterocycles. The molecule has 0 atom stereocenters. The summed E-state index contributed by atoms with van der Waals surface area (Å²) in [7, 11) is 0. The molecular formula is C13H14ClN3O. The highest BCUT2D eigenvalue weighted by Gasteiger charge is 2.08. The van der Waals surface area contributed by atoms with E-state index < -0.39 is 0 Å². The number of rotatable bonds is 4. The normalized spacial score (nSPS) is 10.3. The third-order valence-electron chi connectivity index (χ3n) is 2.67. The molecule has 0 aliphatic carbocycles. The van der Waals surface area contributed by atoms with Crippen LogP contribution in [0.15, 0.2) is 36.5 Å². The second kappa shape index (κ2) is 5.71. The lowest BCUT2D eigenvalue weighted by Crippen LogP contribution is -2.23. The molecule has 0 saturated carbocycles. The summed E-state index contributed by atoms with van der Waals surface area (Å²) in [5.74, 6) is -0.186. The summed E-state index contributed by atoms with van der Waals surface area (Å²) in [6.45, 7) is 0.906. The molecule has 5 heteroatoms. The number of carbonyl (C=O) groups is 1. The molecule has 1 aromatic heterocycles. The fraction of sp³-hybridized carbons (Fsp3) is 0.154. The lowest BCUT2D eigenvalue weighted by Gasteiger charge is -2.08. The number of hydrogen-bond acceptors (Lipinski definition) is 2. The number of halogens is 1. The summed E-state index contributed by atoms with van der Waals surface area (Å²) in [4.78, 5) is 14.6. The molecule has 1 heterocycles. The van der Waals surface area contributed by atoms with E-state index in [0.29, 0.717) is 23.8 Å². The van der Waals surface area contributed by atoms with Crippen molar-refractivity contribution in [2.24, 2.45) is 5.73 Å². The van der Waals surface area contributed by atoms with E-state index in [2.05, 4.69) is 10.3 Å². The predicted molar refractivity (Wildman–Crippen MR) is 71.3 cm³/mol. The van der Waals surface area contributed by atoms with Crippen LogP contribution in [0.4, 0.5) is 0 Å². The Labute approximate surface area is 110 Å². The fourth-order valence-corrected chi connectivity index (χ4v) is 1.86. The Kier molecular flexibility index (Phi) is 4.02. The van der Waals surface area contributed by atoms with Gasteiger partial charge >= 0.3 is 0 Å². The second-order valence-corrected chi connectivity index (χ2v) is 4.32. The minimum atomic E-state index is -0.186. The van der Waals surface area contributed by atoms with Gasteiger partial charge in [-0.1, -0.05) is 35.9 Å². The van der Waals surface area contributed by atoms with Crippen LogP contribution in [0.25, 0.3) is 0 Å². The molecule has 1 amide bonds. The van der Waals surface area contributed by atoms with Crippen molar-refractivity contribution in [2.45, 2.75) is 13.1 Å². The van der Waals surface area contributed by atoms with Crippen LogP contribution >= 0.6 is 11.6 Å². The van der Waals surface area contributed by atoms with E-state index in [9.17, 15) is 4.79 Å². The quantitative estimate of drug-likeness (QED) is 0.790. The summed E-state index contributed by atoms with van der Waals surface area (Å²) in [6, 6.07) is 9.34. The van der Waals surface area contributed by atoms with Gasteiger partial charge in [0, 0.05) is 19.3 Å². The lowest BCUT2D eigenvalue weighted by atomic mass is 10.1. The third kappa shape index (κ3) is 2.91. The van der Waals surface area contributed by atoms with Crippen LogP contribution in [0, 0.1) is 0 Å². The summed E-state index contributed by atoms with van der Waals surface area (Å²) < 4.78 is 0. The minimum Gasteiger partial charge on any atom is -0.356 e. The van der Waals surface area contributed by atoms with E-state index in [1.807, 2.05) is 24.3 Å². The summed E-state index contributed by atoms with van der Waals surface area (Å²) in [6.07, 6.45) is 1.57. The van der Waals surface area contributed by atoms with Crippen LogP contribution in [0.3, 0.4) is 0 Å². The van der Waals surface area contributed by atoms with E-state index in [-0.39, 0.29) is 5.91 Å². The van der Waals surface area contributed by atoms with E-state index in [4.69, 9.17) is 17.3 Å². The highest BCUT2D eigenvalue weighted by Crippen LogP contribution is 2.10. The maximum absolute atomic E-state index is 11.8. The van der Waals surface area contributed by atoms with Gasteiger partial charge in [0.15, 0.2) is 0 Å². The summed E-state index contributed by atoms with van der Waals surface area (Å²) >= 11 is 5.74. The van der Waals surface area contributed by atoms with Crippen molar-refractivity contribution in [2.75, 3.05) is 0 Å². The number of amides is 1. The first-order valence-corrected chi connectivity index (χ1v) is 5.97. The molecule has 4 nitrogen and oxygen atoms in total. The maximum Gasteiger partial charge on any atom is 0.268 e. The third-order valence-corrected chi connectivity index (χ3v) is 2.89. The standard InChI is InChI=1S/C13H14ClN3O/c14-11-5-12(16-8-11)13(18)17-7-10-4-2-1-3-9(10)6-15/h1-5,8,16H,6-7,15H2,(H,17,18). The molecule has 4 N–H and O–H groups in total. The van der Waals surface area contributed by atoms with Crippen molar-refractivity contribution in [1.29, 1.82) is 0 Å². The average molecular weight is 264 g/mol. The van der Waals surface area contributed by atoms with Crippen molar-refractivity contribution in [3.63, 3.8) is 0 Å². The Morgan fingerprint density at radius 1 is 1.33 bits per heavy atom. The van der Waals surface area contributed by atoms with Gasteiger partial charge in [-0.15, -0.1) is 0 Å². The zero-order chi connectivity index (χ0) is 13.0. The first-order valence-electron chi connectivity index (χ1n) is 5.59. The van der Waals surface area contributed by atoms with Crippen LogP contribution < -0.4 is 11.1 Å². The molecular weight excluding hydrogens is 250 g/mol. The number of hydrogen-bond donors (Lipinski definition) is 3. The monoisotopic (exact) mass is 263 g/mol. The Balaban J connectivity index is 2.01. The molecule has 0 spiro atoms. The second-order valence-electron chi connectivity index (χ2n) is 3.89. The molecule has 0 aliphatic rings. The molecule has 1 aromatic carbocycles. The molecule has 0 fully saturated rings. The molecule has 2 aromatic rings. The Hall–Kier alpha value is -1.78. The molecule has 2 rings (SSSR count). The predicted octanol–water partition coefficient (Wildman–Crippen LogP) is 2.06. The van der Waals surface area contributed by atoms with Crippen molar-refractivity contribution < 1.29 is 4.79 Å². The number of benzene rings is 1. The number of carbonyl (C=O) groups excluding carboxylic acids is 1. The van der Waals surface area contributed by atoms with Crippen LogP contribution in [-0.4, -0.2) is 10.9 Å². The van der Waals surface area contributed by atoms with Gasteiger partial charge in [-0.2, -0.15) is 0 Å². The highest BCUT2D eigenvalue weighted by atomic mass is 35.5. The van der Waals surface area contributed by atoms with Gasteiger partial charge < -0.3 is 16.0 Å². The highest BCUT2D eigenvalue weighted by molar-refractivity contribution is 6.30. The van der Waals surface area contributed by atoms with Crippen LogP contribution in [0.2, 0.25) is 5.02 Å². The van der Waals surface area contributed by atoms with Gasteiger partial charge in [-0.25, -0.2) is 0 Å². The van der Waals surface area contributed by atoms with Gasteiger partial charge in [0.2, 0.25) is 0 Å². The van der Waals surface area contributed by atoms with Crippen LogP contribution in [0.1, 0.15) is 21.6 Å². The van der Waals surface area contributed by atoms with Crippen molar-refractivity contribution >= 4 is 17.5 Å². The summed E-state index contributed by atoms with van der Waals surface area (Å²) in [5, 5.41) is 3.34. The number of H-pyrrole nitrogens is 1. The van der Waals surface area contributed by atoms with E-state index >= 15 is 0 Å². The summed E-state index contributed by atoms with van der Waals surface area (Å²) in [5.41, 5.74) is 8.13. The topological polar surface area (TPSA) is 70.9 Å². The maximum atomic E-state index is 11.8. The fourth-order valence-electron chi connectivity index (χ4n) is 1.70. The SMILES string of the molecule is NCc1ccccc1CNC(=O)c1cc(Cl)c[nH]1. The van der Waals surface area contributed by atoms with E-state index in [1.54, 1.807) is 12.3 Å². The molecule has 94 valence electrons. The number of nitrogens with one attached hydrogen (secondary N) is 2. The van der Waals surface area contributed by atoms with Crippen molar-refractivity contribution in [3.8, 4) is 0 Å². The van der Waals surface area contributed by atoms with Gasteiger partial charge in [0.05, 0.1) is 5.02 Å². The van der Waals surface area contributed by atoms with E-state index in [1.165, 1.54) is 0 Å². The minimum absolute atomic E-state index is 0.186. The lowest BCUT2D eigenvalue weighted by molar-refractivity contribution is 0.0946. The van der Waals surface area contributed by atoms with E-state index in [0.717, 1.165) is 11.1 Å². The number of nitrogens with two attached hydrogens (primary N) is 1. The van der Waals surface area contributed by atoms with Gasteiger partial charge in [0.25, 0.3) is 5.91 Å². The van der Waals surface area contributed by atoms with Gasteiger partial charge in [-0.05, 0) is 17.2 Å². The molecule has 0 aliphatic heterocycles. The Bertz CT molecular complexity index is 551. The number of aromatic amines is 1. The molecule has 0 radical (unpaired) electrons. The van der Waals surface area contributed by atoms with Gasteiger partial charge in [-0.3, -0.25) is 4.79 Å². The smallest absolute Gasteiger partial charge is 0.268 e. The first kappa shape index (κ1) is 12.7. The van der Waals surface area contributed by atoms with Crippen LogP contribution in [0.5, 0.6) is 0 Å². The number of aromatic nitrogens is 1. The zero-order valence-corrected chi connectivity index (χ0v) is 10.5. The van der Waals surface area contributed by atoms with Crippen LogP contribution in [-0.2, 0) is 13.1 Å². The van der Waals surface area contributed by atoms with Gasteiger partial charge in [0.1, 0.15) is 5.69 Å². The zero-order valence-electron chi connectivity index (χ0n) is 9.74. The Morgan fingerprint density at radius 3 is 2.67 bits per heavy atom. The van der Waals surface area contributed by atoms with Crippen molar-refractivity contribution in [3.05, 3.63) is 58.4 Å². The molecule has 0 unspecified atom stereocenters. The molecule has 18 heavy (non-hydrogen) atoms. The first-order chi connectivity index (χ1) is 8.70. The largest absolute Gasteiger partial charge is 0.356 e. The van der Waals surface area contributed by atoms with Crippen molar-refractivity contribution in [1.82, 2.24) is 10.3 Å². The Morgan fingerprint density at radius 2 is 2.06 bits per heavy atom.